The van der Waals surface area contributed by atoms with E-state index in [1.165, 1.54) is 7.11 Å². The van der Waals surface area contributed by atoms with Gasteiger partial charge in [-0.2, -0.15) is 0 Å². The molecule has 0 saturated carbocycles. The van der Waals surface area contributed by atoms with E-state index in [9.17, 15) is 24.3 Å². The van der Waals surface area contributed by atoms with E-state index in [4.69, 9.17) is 9.47 Å². The number of hydrogen-bond donors (Lipinski definition) is 2. The standard InChI is InChI=1S/C26H33NO7/c1-26(2,3)34-24(31)15-19(14-23(29)30)25(32)27-21(16-33-4)22(28)13-12-18-10-7-9-17-8-5-6-11-20(17)18/h5-11,19,21H,12-16H2,1-4H3,(H,27,32)(H,29,30)/t19-,21+/m1/s1. The largest absolute Gasteiger partial charge is 0.481 e. The van der Waals surface area contributed by atoms with Crippen molar-refractivity contribution in [2.45, 2.75) is 58.1 Å². The van der Waals surface area contributed by atoms with Crippen molar-refractivity contribution >= 4 is 34.4 Å². The van der Waals surface area contributed by atoms with E-state index in [2.05, 4.69) is 5.32 Å². The van der Waals surface area contributed by atoms with Crippen LogP contribution in [0.3, 0.4) is 0 Å². The molecule has 0 heterocycles. The Morgan fingerprint density at radius 2 is 1.68 bits per heavy atom. The molecule has 0 bridgehead atoms. The van der Waals surface area contributed by atoms with Gasteiger partial charge in [0.15, 0.2) is 5.78 Å². The lowest BCUT2D eigenvalue weighted by Crippen LogP contribution is -2.47. The van der Waals surface area contributed by atoms with Gasteiger partial charge in [-0.3, -0.25) is 19.2 Å². The summed E-state index contributed by atoms with van der Waals surface area (Å²) in [6.45, 7) is 4.98. The van der Waals surface area contributed by atoms with E-state index >= 15 is 0 Å². The van der Waals surface area contributed by atoms with Crippen LogP contribution in [0.1, 0.15) is 45.6 Å². The number of carboxylic acid groups (broad SMARTS) is 1. The molecular formula is C26H33NO7. The Hall–Kier alpha value is -3.26. The molecule has 8 heteroatoms. The number of carboxylic acids is 1. The van der Waals surface area contributed by atoms with Crippen LogP contribution in [0.2, 0.25) is 0 Å². The van der Waals surface area contributed by atoms with Crippen molar-refractivity contribution in [3.05, 3.63) is 48.0 Å². The average molecular weight is 472 g/mol. The normalized spacial score (nSPS) is 13.2. The fraction of sp³-hybridized carbons (Fsp3) is 0.462. The maximum atomic E-state index is 12.9. The van der Waals surface area contributed by atoms with Gasteiger partial charge in [-0.1, -0.05) is 42.5 Å². The summed E-state index contributed by atoms with van der Waals surface area (Å²) >= 11 is 0. The van der Waals surface area contributed by atoms with Gasteiger partial charge >= 0.3 is 11.9 Å². The first-order chi connectivity index (χ1) is 16.0. The molecule has 0 spiro atoms. The highest BCUT2D eigenvalue weighted by atomic mass is 16.6. The number of ketones is 1. The van der Waals surface area contributed by atoms with Gasteiger partial charge in [0.05, 0.1) is 25.4 Å². The van der Waals surface area contributed by atoms with Crippen molar-refractivity contribution in [2.24, 2.45) is 5.92 Å². The van der Waals surface area contributed by atoms with Gasteiger partial charge in [-0.15, -0.1) is 0 Å². The first-order valence-electron chi connectivity index (χ1n) is 11.2. The predicted octanol–water partition coefficient (Wildman–Crippen LogP) is 3.30. The van der Waals surface area contributed by atoms with Crippen LogP contribution in [-0.4, -0.2) is 54.1 Å². The van der Waals surface area contributed by atoms with Crippen molar-refractivity contribution in [3.8, 4) is 0 Å². The molecule has 0 aliphatic carbocycles. The van der Waals surface area contributed by atoms with Crippen molar-refractivity contribution < 1.29 is 33.8 Å². The quantitative estimate of drug-likeness (QED) is 0.456. The highest BCUT2D eigenvalue weighted by Gasteiger charge is 2.30. The Balaban J connectivity index is 2.07. The summed E-state index contributed by atoms with van der Waals surface area (Å²) in [5, 5.41) is 13.9. The fourth-order valence-corrected chi connectivity index (χ4v) is 3.67. The molecule has 2 atom stereocenters. The third kappa shape index (κ3) is 8.59. The molecule has 0 aliphatic rings. The summed E-state index contributed by atoms with van der Waals surface area (Å²) < 4.78 is 10.3. The minimum absolute atomic E-state index is 0.0632. The zero-order valence-electron chi connectivity index (χ0n) is 20.1. The Morgan fingerprint density at radius 3 is 2.32 bits per heavy atom. The molecular weight excluding hydrogens is 438 g/mol. The molecule has 0 unspecified atom stereocenters. The smallest absolute Gasteiger partial charge is 0.307 e. The van der Waals surface area contributed by atoms with Crippen molar-refractivity contribution in [1.29, 1.82) is 0 Å². The zero-order valence-corrected chi connectivity index (χ0v) is 20.1. The molecule has 8 nitrogen and oxygen atoms in total. The number of nitrogens with one attached hydrogen (secondary N) is 1. The van der Waals surface area contributed by atoms with Crippen LogP contribution in [0.4, 0.5) is 0 Å². The number of hydrogen-bond acceptors (Lipinski definition) is 6. The number of rotatable bonds is 12. The maximum Gasteiger partial charge on any atom is 0.307 e. The highest BCUT2D eigenvalue weighted by molar-refractivity contribution is 5.93. The van der Waals surface area contributed by atoms with Gasteiger partial charge in [0, 0.05) is 13.5 Å². The molecule has 0 aromatic heterocycles. The third-order valence-corrected chi connectivity index (χ3v) is 5.18. The number of esters is 1. The lowest BCUT2D eigenvalue weighted by atomic mass is 9.97. The number of Topliss-reactive ketones (excluding diaryl/α,β-unsaturated/α-hetero) is 1. The molecule has 1 amide bonds. The van der Waals surface area contributed by atoms with Gasteiger partial charge in [0.2, 0.25) is 5.91 Å². The number of aliphatic carboxylic acids is 1. The molecule has 0 fully saturated rings. The van der Waals surface area contributed by atoms with Crippen LogP contribution in [0.5, 0.6) is 0 Å². The predicted molar refractivity (Wildman–Crippen MR) is 127 cm³/mol. The second-order valence-corrected chi connectivity index (χ2v) is 9.21. The summed E-state index contributed by atoms with van der Waals surface area (Å²) in [6, 6.07) is 12.8. The molecule has 184 valence electrons. The van der Waals surface area contributed by atoms with Crippen LogP contribution in [-0.2, 0) is 35.1 Å². The Bertz CT molecular complexity index is 1020. The lowest BCUT2D eigenvalue weighted by Gasteiger charge is -2.23. The topological polar surface area (TPSA) is 119 Å². The fourth-order valence-electron chi connectivity index (χ4n) is 3.67. The Labute approximate surface area is 199 Å². The molecule has 2 rings (SSSR count). The summed E-state index contributed by atoms with van der Waals surface area (Å²) in [6.07, 6.45) is -0.320. The highest BCUT2D eigenvalue weighted by Crippen LogP contribution is 2.20. The van der Waals surface area contributed by atoms with Crippen LogP contribution in [0.25, 0.3) is 10.8 Å². The SMILES string of the molecule is COC[C@H](NC(=O)[C@H](CC(=O)O)CC(=O)OC(C)(C)C)C(=O)CCc1cccc2ccccc12. The summed E-state index contributed by atoms with van der Waals surface area (Å²) in [5.74, 6) is -4.02. The van der Waals surface area contributed by atoms with E-state index in [1.807, 2.05) is 42.5 Å². The maximum absolute atomic E-state index is 12.9. The van der Waals surface area contributed by atoms with Crippen LogP contribution in [0.15, 0.2) is 42.5 Å². The van der Waals surface area contributed by atoms with Gasteiger partial charge < -0.3 is 19.9 Å². The average Bonchev–Trinajstić information content (AvgIpc) is 2.75. The number of methoxy groups -OCH3 is 1. The van der Waals surface area contributed by atoms with Crippen molar-refractivity contribution in [2.75, 3.05) is 13.7 Å². The summed E-state index contributed by atoms with van der Waals surface area (Å²) in [5.41, 5.74) is 0.250. The number of amides is 1. The number of carbonyl (C=O) groups excluding carboxylic acids is 3. The van der Waals surface area contributed by atoms with Gasteiger partial charge in [0.1, 0.15) is 11.6 Å². The lowest BCUT2D eigenvalue weighted by molar-refractivity contribution is -0.158. The minimum Gasteiger partial charge on any atom is -0.481 e. The van der Waals surface area contributed by atoms with Crippen molar-refractivity contribution in [1.82, 2.24) is 5.32 Å². The molecule has 34 heavy (non-hydrogen) atoms. The Kier molecular flexibility index (Phi) is 9.74. The first kappa shape index (κ1) is 27.0. The van der Waals surface area contributed by atoms with E-state index in [0.717, 1.165) is 16.3 Å². The number of ether oxygens (including phenoxy) is 2. The molecule has 0 radical (unpaired) electrons. The molecule has 0 saturated heterocycles. The first-order valence-corrected chi connectivity index (χ1v) is 11.2. The number of fused-ring (bicyclic) bond motifs is 1. The van der Waals surface area contributed by atoms with Gasteiger partial charge in [-0.05, 0) is 43.5 Å². The Morgan fingerprint density at radius 1 is 1.00 bits per heavy atom. The van der Waals surface area contributed by atoms with Gasteiger partial charge in [0.25, 0.3) is 0 Å². The third-order valence-electron chi connectivity index (χ3n) is 5.18. The van der Waals surface area contributed by atoms with Crippen LogP contribution < -0.4 is 5.32 Å². The molecule has 2 aromatic carbocycles. The number of benzene rings is 2. The summed E-state index contributed by atoms with van der Waals surface area (Å²) in [4.78, 5) is 49.2. The van der Waals surface area contributed by atoms with E-state index < -0.39 is 48.2 Å². The summed E-state index contributed by atoms with van der Waals surface area (Å²) in [7, 11) is 1.41. The van der Waals surface area contributed by atoms with E-state index in [-0.39, 0.29) is 18.8 Å². The van der Waals surface area contributed by atoms with Crippen LogP contribution >= 0.6 is 0 Å². The van der Waals surface area contributed by atoms with E-state index in [0.29, 0.717) is 6.42 Å². The number of carbonyl (C=O) groups is 4. The monoisotopic (exact) mass is 471 g/mol. The second kappa shape index (κ2) is 12.3. The zero-order chi connectivity index (χ0) is 25.3. The van der Waals surface area contributed by atoms with Crippen LogP contribution in [0, 0.1) is 5.92 Å². The minimum atomic E-state index is -1.23. The van der Waals surface area contributed by atoms with E-state index in [1.54, 1.807) is 20.8 Å². The molecule has 2 aromatic rings. The number of aryl methyl sites for hydroxylation is 1. The molecule has 2 N–H and O–H groups in total. The van der Waals surface area contributed by atoms with Gasteiger partial charge in [-0.25, -0.2) is 0 Å². The second-order valence-electron chi connectivity index (χ2n) is 9.21. The molecule has 0 aliphatic heterocycles. The van der Waals surface area contributed by atoms with Crippen molar-refractivity contribution in [3.63, 3.8) is 0 Å².